The summed E-state index contributed by atoms with van der Waals surface area (Å²) in [6.45, 7) is 2.17. The molecular formula is C14H19N3. The van der Waals surface area contributed by atoms with Crippen LogP contribution in [0.4, 0.5) is 5.69 Å². The van der Waals surface area contributed by atoms with Gasteiger partial charge in [0.05, 0.1) is 5.52 Å². The average molecular weight is 229 g/mol. The van der Waals surface area contributed by atoms with E-state index >= 15 is 0 Å². The Bertz CT molecular complexity index is 536. The summed E-state index contributed by atoms with van der Waals surface area (Å²) < 4.78 is 0. The van der Waals surface area contributed by atoms with Crippen LogP contribution in [-0.2, 0) is 6.42 Å². The standard InChI is InChI=1S/C14H19N3/c1-2-12-14-11(9-5-3-4-6-9)7-10(15)8-13(14)17-16-12/h7-9H,2-6,15H2,1H3,(H,16,17). The van der Waals surface area contributed by atoms with Crippen LogP contribution >= 0.6 is 0 Å². The lowest BCUT2D eigenvalue weighted by Crippen LogP contribution is -1.97. The zero-order valence-electron chi connectivity index (χ0n) is 10.3. The van der Waals surface area contributed by atoms with Crippen LogP contribution in [0, 0.1) is 0 Å². The van der Waals surface area contributed by atoms with Gasteiger partial charge in [-0.15, -0.1) is 0 Å². The van der Waals surface area contributed by atoms with Gasteiger partial charge in [0.15, 0.2) is 0 Å². The molecule has 0 bridgehead atoms. The van der Waals surface area contributed by atoms with Crippen molar-refractivity contribution in [2.24, 2.45) is 0 Å². The van der Waals surface area contributed by atoms with E-state index in [0.717, 1.165) is 17.6 Å². The maximum Gasteiger partial charge on any atom is 0.0947 e. The van der Waals surface area contributed by atoms with E-state index in [-0.39, 0.29) is 0 Å². The molecule has 3 rings (SSSR count). The lowest BCUT2D eigenvalue weighted by atomic mass is 9.92. The minimum absolute atomic E-state index is 0.684. The molecule has 1 aromatic carbocycles. The molecule has 90 valence electrons. The average Bonchev–Trinajstić information content (AvgIpc) is 2.96. The maximum atomic E-state index is 5.99. The molecule has 3 N–H and O–H groups in total. The van der Waals surface area contributed by atoms with Gasteiger partial charge < -0.3 is 5.73 Å². The van der Waals surface area contributed by atoms with Gasteiger partial charge in [-0.3, -0.25) is 5.10 Å². The van der Waals surface area contributed by atoms with E-state index < -0.39 is 0 Å². The van der Waals surface area contributed by atoms with Gasteiger partial charge in [0, 0.05) is 16.8 Å². The van der Waals surface area contributed by atoms with Crippen molar-refractivity contribution in [1.82, 2.24) is 10.2 Å². The first-order valence-electron chi connectivity index (χ1n) is 6.56. The molecule has 2 aromatic rings. The van der Waals surface area contributed by atoms with E-state index in [1.165, 1.54) is 42.3 Å². The number of aromatic nitrogens is 2. The zero-order chi connectivity index (χ0) is 11.8. The van der Waals surface area contributed by atoms with E-state index in [1.54, 1.807) is 0 Å². The number of aryl methyl sites for hydroxylation is 1. The van der Waals surface area contributed by atoms with Gasteiger partial charge in [0.1, 0.15) is 0 Å². The van der Waals surface area contributed by atoms with Gasteiger partial charge in [-0.1, -0.05) is 19.8 Å². The summed E-state index contributed by atoms with van der Waals surface area (Å²) in [6.07, 6.45) is 6.29. The van der Waals surface area contributed by atoms with Crippen molar-refractivity contribution in [3.63, 3.8) is 0 Å². The van der Waals surface area contributed by atoms with Crippen molar-refractivity contribution in [1.29, 1.82) is 0 Å². The smallest absolute Gasteiger partial charge is 0.0947 e. The molecule has 1 aliphatic rings. The molecule has 0 aliphatic heterocycles. The van der Waals surface area contributed by atoms with Gasteiger partial charge in [-0.05, 0) is 42.9 Å². The molecule has 0 unspecified atom stereocenters. The normalized spacial score (nSPS) is 17.0. The second-order valence-corrected chi connectivity index (χ2v) is 5.04. The fraction of sp³-hybridized carbons (Fsp3) is 0.500. The summed E-state index contributed by atoms with van der Waals surface area (Å²) in [4.78, 5) is 0. The third kappa shape index (κ3) is 1.70. The molecular weight excluding hydrogens is 210 g/mol. The van der Waals surface area contributed by atoms with Crippen LogP contribution < -0.4 is 5.73 Å². The van der Waals surface area contributed by atoms with Crippen LogP contribution in [0.1, 0.15) is 49.8 Å². The Morgan fingerprint density at radius 1 is 1.35 bits per heavy atom. The third-order valence-electron chi connectivity index (χ3n) is 3.93. The number of nitrogens with two attached hydrogens (primary N) is 1. The predicted molar refractivity (Wildman–Crippen MR) is 71.1 cm³/mol. The second kappa shape index (κ2) is 4.06. The highest BCUT2D eigenvalue weighted by molar-refractivity contribution is 5.88. The summed E-state index contributed by atoms with van der Waals surface area (Å²) in [5, 5.41) is 8.85. The summed E-state index contributed by atoms with van der Waals surface area (Å²) in [5.74, 6) is 0.684. The molecule has 1 aromatic heterocycles. The minimum Gasteiger partial charge on any atom is -0.399 e. The molecule has 0 atom stereocenters. The maximum absolute atomic E-state index is 5.99. The number of nitrogens with zero attached hydrogens (tertiary/aromatic N) is 1. The van der Waals surface area contributed by atoms with Crippen molar-refractivity contribution in [3.05, 3.63) is 23.4 Å². The molecule has 1 aliphatic carbocycles. The highest BCUT2D eigenvalue weighted by Crippen LogP contribution is 2.39. The van der Waals surface area contributed by atoms with Crippen LogP contribution in [0.3, 0.4) is 0 Å². The van der Waals surface area contributed by atoms with Crippen LogP contribution in [0.15, 0.2) is 12.1 Å². The fourth-order valence-corrected chi connectivity index (χ4v) is 3.09. The quantitative estimate of drug-likeness (QED) is 0.776. The van der Waals surface area contributed by atoms with Gasteiger partial charge in [0.25, 0.3) is 0 Å². The number of benzene rings is 1. The third-order valence-corrected chi connectivity index (χ3v) is 3.93. The monoisotopic (exact) mass is 229 g/mol. The summed E-state index contributed by atoms with van der Waals surface area (Å²) >= 11 is 0. The molecule has 1 saturated carbocycles. The Morgan fingerprint density at radius 2 is 2.12 bits per heavy atom. The first-order chi connectivity index (χ1) is 8.29. The van der Waals surface area contributed by atoms with E-state index in [2.05, 4.69) is 23.2 Å². The predicted octanol–water partition coefficient (Wildman–Crippen LogP) is 3.37. The second-order valence-electron chi connectivity index (χ2n) is 5.04. The molecule has 1 heterocycles. The van der Waals surface area contributed by atoms with Crippen LogP contribution in [0.25, 0.3) is 10.9 Å². The molecule has 0 spiro atoms. The fourth-order valence-electron chi connectivity index (χ4n) is 3.09. The lowest BCUT2D eigenvalue weighted by Gasteiger charge is -2.12. The van der Waals surface area contributed by atoms with E-state index in [1.807, 2.05) is 6.07 Å². The Hall–Kier alpha value is -1.51. The Morgan fingerprint density at radius 3 is 2.82 bits per heavy atom. The number of hydrogen-bond acceptors (Lipinski definition) is 2. The number of rotatable bonds is 2. The molecule has 17 heavy (non-hydrogen) atoms. The summed E-state index contributed by atoms with van der Waals surface area (Å²) in [7, 11) is 0. The van der Waals surface area contributed by atoms with Crippen molar-refractivity contribution >= 4 is 16.6 Å². The zero-order valence-corrected chi connectivity index (χ0v) is 10.3. The van der Waals surface area contributed by atoms with Gasteiger partial charge in [-0.2, -0.15) is 5.10 Å². The highest BCUT2D eigenvalue weighted by Gasteiger charge is 2.21. The first-order valence-corrected chi connectivity index (χ1v) is 6.56. The largest absolute Gasteiger partial charge is 0.399 e. The SMILES string of the molecule is CCc1[nH]nc2cc(N)cc(C3CCCC3)c12. The molecule has 3 heteroatoms. The van der Waals surface area contributed by atoms with Gasteiger partial charge in [0.2, 0.25) is 0 Å². The Kier molecular flexibility index (Phi) is 2.54. The first kappa shape index (κ1) is 10.6. The highest BCUT2D eigenvalue weighted by atomic mass is 15.1. The number of aromatic amines is 1. The Balaban J connectivity index is 2.22. The van der Waals surface area contributed by atoms with Crippen LogP contribution in [0.5, 0.6) is 0 Å². The number of anilines is 1. The number of fused-ring (bicyclic) bond motifs is 1. The van der Waals surface area contributed by atoms with E-state index in [0.29, 0.717) is 5.92 Å². The Labute approximate surface area is 101 Å². The molecule has 0 saturated heterocycles. The lowest BCUT2D eigenvalue weighted by molar-refractivity contribution is 0.729. The summed E-state index contributed by atoms with van der Waals surface area (Å²) in [6, 6.07) is 4.14. The number of hydrogen-bond donors (Lipinski definition) is 2. The van der Waals surface area contributed by atoms with Crippen molar-refractivity contribution < 1.29 is 0 Å². The van der Waals surface area contributed by atoms with Gasteiger partial charge in [-0.25, -0.2) is 0 Å². The van der Waals surface area contributed by atoms with Crippen molar-refractivity contribution in [2.75, 3.05) is 5.73 Å². The van der Waals surface area contributed by atoms with Crippen LogP contribution in [-0.4, -0.2) is 10.2 Å². The van der Waals surface area contributed by atoms with Crippen LogP contribution in [0.2, 0.25) is 0 Å². The molecule has 0 amide bonds. The summed E-state index contributed by atoms with van der Waals surface area (Å²) in [5.41, 5.74) is 10.5. The van der Waals surface area contributed by atoms with E-state index in [4.69, 9.17) is 5.73 Å². The minimum atomic E-state index is 0.684. The number of nitrogens with one attached hydrogen (secondary N) is 1. The molecule has 0 radical (unpaired) electrons. The number of nitrogen functional groups attached to an aromatic ring is 1. The van der Waals surface area contributed by atoms with E-state index in [9.17, 15) is 0 Å². The molecule has 1 fully saturated rings. The topological polar surface area (TPSA) is 54.7 Å². The number of H-pyrrole nitrogens is 1. The van der Waals surface area contributed by atoms with Crippen molar-refractivity contribution in [2.45, 2.75) is 44.9 Å². The van der Waals surface area contributed by atoms with Crippen molar-refractivity contribution in [3.8, 4) is 0 Å². The van der Waals surface area contributed by atoms with Gasteiger partial charge >= 0.3 is 0 Å². The molecule has 3 nitrogen and oxygen atoms in total.